The first kappa shape index (κ1) is 12.9. The smallest absolute Gasteiger partial charge is 0.0312 e. The lowest BCUT2D eigenvalue weighted by atomic mass is 9.88. The van der Waals surface area contributed by atoms with Gasteiger partial charge in [0.1, 0.15) is 0 Å². The molecule has 1 saturated heterocycles. The number of hydrogen-bond donors (Lipinski definition) is 0. The van der Waals surface area contributed by atoms with Gasteiger partial charge in [0, 0.05) is 12.6 Å². The summed E-state index contributed by atoms with van der Waals surface area (Å²) in [7, 11) is 0. The number of likely N-dealkylation sites (tertiary alicyclic amines) is 1. The van der Waals surface area contributed by atoms with Gasteiger partial charge in [-0.3, -0.25) is 4.90 Å². The molecule has 0 radical (unpaired) electrons. The van der Waals surface area contributed by atoms with E-state index in [2.05, 4.69) is 50.8 Å². The van der Waals surface area contributed by atoms with Crippen molar-refractivity contribution in [3.05, 3.63) is 23.8 Å². The second kappa shape index (κ2) is 5.39. The Morgan fingerprint density at radius 2 is 2.12 bits per heavy atom. The zero-order valence-corrected chi connectivity index (χ0v) is 11.8. The monoisotopic (exact) mass is 233 g/mol. The molecule has 0 aromatic heterocycles. The van der Waals surface area contributed by atoms with E-state index in [4.69, 9.17) is 0 Å². The molecule has 0 saturated carbocycles. The zero-order chi connectivity index (χ0) is 12.4. The van der Waals surface area contributed by atoms with Crippen LogP contribution in [0.25, 0.3) is 0 Å². The fraction of sp³-hybridized carbons (Fsp3) is 0.750. The van der Waals surface area contributed by atoms with Crippen LogP contribution < -0.4 is 0 Å². The summed E-state index contributed by atoms with van der Waals surface area (Å²) in [6.45, 7) is 11.9. The van der Waals surface area contributed by atoms with Gasteiger partial charge >= 0.3 is 0 Å². The van der Waals surface area contributed by atoms with E-state index in [1.807, 2.05) is 0 Å². The van der Waals surface area contributed by atoms with E-state index in [0.717, 1.165) is 11.8 Å². The molecule has 0 aromatic rings. The van der Waals surface area contributed by atoms with Gasteiger partial charge in [-0.25, -0.2) is 0 Å². The molecule has 0 N–H and O–H groups in total. The lowest BCUT2D eigenvalue weighted by molar-refractivity contribution is 0.194. The molecule has 1 nitrogen and oxygen atoms in total. The Balaban J connectivity index is 2.08. The van der Waals surface area contributed by atoms with Crippen LogP contribution in [0.4, 0.5) is 0 Å². The number of nitrogens with zero attached hydrogens (tertiary/aromatic N) is 1. The van der Waals surface area contributed by atoms with Crippen molar-refractivity contribution >= 4 is 0 Å². The van der Waals surface area contributed by atoms with E-state index in [1.54, 1.807) is 0 Å². The van der Waals surface area contributed by atoms with Crippen LogP contribution in [0, 0.1) is 17.8 Å². The number of hydrogen-bond acceptors (Lipinski definition) is 1. The molecule has 0 amide bonds. The summed E-state index contributed by atoms with van der Waals surface area (Å²) in [6.07, 6.45) is 9.93. The molecule has 1 heterocycles. The summed E-state index contributed by atoms with van der Waals surface area (Å²) in [4.78, 5) is 2.71. The highest BCUT2D eigenvalue weighted by molar-refractivity contribution is 5.22. The summed E-state index contributed by atoms with van der Waals surface area (Å²) < 4.78 is 0. The van der Waals surface area contributed by atoms with Crippen molar-refractivity contribution < 1.29 is 0 Å². The van der Waals surface area contributed by atoms with Gasteiger partial charge in [-0.2, -0.15) is 0 Å². The first-order chi connectivity index (χ1) is 8.11. The molecule has 1 aliphatic carbocycles. The van der Waals surface area contributed by atoms with Crippen molar-refractivity contribution in [3.8, 4) is 0 Å². The van der Waals surface area contributed by atoms with E-state index >= 15 is 0 Å². The van der Waals surface area contributed by atoms with Gasteiger partial charge in [-0.05, 0) is 37.6 Å². The van der Waals surface area contributed by atoms with E-state index in [9.17, 15) is 0 Å². The average molecular weight is 233 g/mol. The standard InChI is InChI=1S/C16H27N/c1-5-15-8-9-17(11-15)16-7-6-12(2)10-13(3)14(16)4/h6-7,10,13-16H,5,8-9,11H2,1-4H3. The molecule has 0 aromatic carbocycles. The Hall–Kier alpha value is -0.560. The Labute approximate surface area is 107 Å². The average Bonchev–Trinajstić information content (AvgIpc) is 2.72. The van der Waals surface area contributed by atoms with Gasteiger partial charge in [0.25, 0.3) is 0 Å². The minimum atomic E-state index is 0.648. The van der Waals surface area contributed by atoms with Crippen molar-refractivity contribution in [2.24, 2.45) is 17.8 Å². The highest BCUT2D eigenvalue weighted by Gasteiger charge is 2.31. The van der Waals surface area contributed by atoms with Gasteiger partial charge < -0.3 is 0 Å². The SMILES string of the molecule is CCC1CCN(C2C=CC(C)=CC(C)C2C)C1. The van der Waals surface area contributed by atoms with Crippen LogP contribution >= 0.6 is 0 Å². The lowest BCUT2D eigenvalue weighted by Gasteiger charge is -2.32. The molecule has 4 atom stereocenters. The maximum atomic E-state index is 2.71. The molecule has 17 heavy (non-hydrogen) atoms. The summed E-state index contributed by atoms with van der Waals surface area (Å²) in [5.41, 5.74) is 1.43. The topological polar surface area (TPSA) is 3.24 Å². The van der Waals surface area contributed by atoms with Crippen LogP contribution in [0.15, 0.2) is 23.8 Å². The number of rotatable bonds is 2. The third kappa shape index (κ3) is 2.82. The van der Waals surface area contributed by atoms with Gasteiger partial charge in [0.15, 0.2) is 0 Å². The van der Waals surface area contributed by atoms with Crippen LogP contribution in [0.3, 0.4) is 0 Å². The predicted octanol–water partition coefficient (Wildman–Crippen LogP) is 3.88. The fourth-order valence-corrected chi connectivity index (χ4v) is 3.28. The van der Waals surface area contributed by atoms with Crippen LogP contribution in [0.1, 0.15) is 40.5 Å². The van der Waals surface area contributed by atoms with Crippen LogP contribution in [0.2, 0.25) is 0 Å². The highest BCUT2D eigenvalue weighted by Crippen LogP contribution is 2.30. The lowest BCUT2D eigenvalue weighted by Crippen LogP contribution is -2.38. The van der Waals surface area contributed by atoms with Crippen molar-refractivity contribution in [1.82, 2.24) is 4.90 Å². The van der Waals surface area contributed by atoms with Crippen molar-refractivity contribution in [2.75, 3.05) is 13.1 Å². The summed E-state index contributed by atoms with van der Waals surface area (Å²) in [6, 6.07) is 0.648. The molecule has 0 spiro atoms. The Morgan fingerprint density at radius 1 is 1.35 bits per heavy atom. The van der Waals surface area contributed by atoms with E-state index in [0.29, 0.717) is 12.0 Å². The van der Waals surface area contributed by atoms with E-state index in [-0.39, 0.29) is 0 Å². The fourth-order valence-electron chi connectivity index (χ4n) is 3.28. The highest BCUT2D eigenvalue weighted by atomic mass is 15.2. The van der Waals surface area contributed by atoms with Gasteiger partial charge in [-0.1, -0.05) is 51.0 Å². The number of allylic oxidation sites excluding steroid dienone is 3. The van der Waals surface area contributed by atoms with Crippen molar-refractivity contribution in [3.63, 3.8) is 0 Å². The van der Waals surface area contributed by atoms with E-state index < -0.39 is 0 Å². The molecule has 2 rings (SSSR count). The molecule has 4 unspecified atom stereocenters. The summed E-state index contributed by atoms with van der Waals surface area (Å²) in [5, 5.41) is 0. The third-order valence-electron chi connectivity index (χ3n) is 4.77. The minimum absolute atomic E-state index is 0.648. The van der Waals surface area contributed by atoms with Crippen molar-refractivity contribution in [2.45, 2.75) is 46.6 Å². The van der Waals surface area contributed by atoms with Crippen LogP contribution in [-0.4, -0.2) is 24.0 Å². The normalized spacial score (nSPS) is 39.2. The molecule has 1 aliphatic heterocycles. The first-order valence-corrected chi connectivity index (χ1v) is 7.22. The molecular weight excluding hydrogens is 206 g/mol. The van der Waals surface area contributed by atoms with Crippen molar-refractivity contribution in [1.29, 1.82) is 0 Å². The van der Waals surface area contributed by atoms with Gasteiger partial charge in [0.05, 0.1) is 0 Å². The second-order valence-electron chi connectivity index (χ2n) is 6.04. The Bertz CT molecular complexity index is 315. The Kier molecular flexibility index (Phi) is 4.09. The first-order valence-electron chi connectivity index (χ1n) is 7.22. The largest absolute Gasteiger partial charge is 0.296 e. The quantitative estimate of drug-likeness (QED) is 0.699. The molecule has 1 heteroatoms. The predicted molar refractivity (Wildman–Crippen MR) is 75.0 cm³/mol. The molecule has 96 valence electrons. The van der Waals surface area contributed by atoms with Gasteiger partial charge in [-0.15, -0.1) is 0 Å². The second-order valence-corrected chi connectivity index (χ2v) is 6.04. The molecule has 1 fully saturated rings. The molecule has 2 aliphatic rings. The summed E-state index contributed by atoms with van der Waals surface area (Å²) >= 11 is 0. The van der Waals surface area contributed by atoms with Crippen LogP contribution in [-0.2, 0) is 0 Å². The van der Waals surface area contributed by atoms with Gasteiger partial charge in [0.2, 0.25) is 0 Å². The maximum Gasteiger partial charge on any atom is 0.0312 e. The van der Waals surface area contributed by atoms with Crippen LogP contribution in [0.5, 0.6) is 0 Å². The zero-order valence-electron chi connectivity index (χ0n) is 11.8. The summed E-state index contributed by atoms with van der Waals surface area (Å²) in [5.74, 6) is 2.36. The third-order valence-corrected chi connectivity index (χ3v) is 4.77. The molecular formula is C16H27N. The minimum Gasteiger partial charge on any atom is -0.296 e. The Morgan fingerprint density at radius 3 is 2.76 bits per heavy atom. The molecule has 0 bridgehead atoms. The van der Waals surface area contributed by atoms with E-state index in [1.165, 1.54) is 31.5 Å². The maximum absolute atomic E-state index is 2.71.